The zero-order valence-corrected chi connectivity index (χ0v) is 14.8. The minimum Gasteiger partial charge on any atom is -0.378 e. The van der Waals surface area contributed by atoms with Crippen LogP contribution < -0.4 is 4.90 Å². The van der Waals surface area contributed by atoms with E-state index in [1.54, 1.807) is 6.08 Å². The van der Waals surface area contributed by atoms with Gasteiger partial charge in [0.25, 0.3) is 0 Å². The minimum atomic E-state index is -0.232. The van der Waals surface area contributed by atoms with Gasteiger partial charge in [0.05, 0.1) is 24.3 Å². The van der Waals surface area contributed by atoms with Crippen LogP contribution in [0.3, 0.4) is 0 Å². The molecule has 0 bridgehead atoms. The average molecular weight is 338 g/mol. The second kappa shape index (κ2) is 7.15. The standard InChI is InChI=1S/C20H22N2O3/c1-13-4-5-19-16(10-13)11-17(12-18(14(2)23)15(3)24)20(21-19)22-6-8-25-9-7-22/h4-5,10-12H,6-9H2,1-3H3. The van der Waals surface area contributed by atoms with Crippen LogP contribution in [0.15, 0.2) is 29.8 Å². The van der Waals surface area contributed by atoms with E-state index in [0.717, 1.165) is 40.9 Å². The van der Waals surface area contributed by atoms with Gasteiger partial charge in [-0.15, -0.1) is 0 Å². The topological polar surface area (TPSA) is 59.5 Å². The van der Waals surface area contributed by atoms with E-state index < -0.39 is 0 Å². The number of morpholine rings is 1. The van der Waals surface area contributed by atoms with Gasteiger partial charge in [0.2, 0.25) is 0 Å². The van der Waals surface area contributed by atoms with Crippen molar-refractivity contribution in [2.75, 3.05) is 31.2 Å². The monoisotopic (exact) mass is 338 g/mol. The molecule has 130 valence electrons. The Morgan fingerprint density at radius 1 is 1.12 bits per heavy atom. The quantitative estimate of drug-likeness (QED) is 0.487. The molecule has 1 fully saturated rings. The lowest BCUT2D eigenvalue weighted by atomic mass is 10.0. The zero-order chi connectivity index (χ0) is 18.0. The van der Waals surface area contributed by atoms with Crippen LogP contribution in [0.4, 0.5) is 5.82 Å². The summed E-state index contributed by atoms with van der Waals surface area (Å²) in [5, 5.41) is 0.995. The van der Waals surface area contributed by atoms with Gasteiger partial charge in [0.1, 0.15) is 5.82 Å². The lowest BCUT2D eigenvalue weighted by Gasteiger charge is -2.29. The molecule has 0 radical (unpaired) electrons. The molecular weight excluding hydrogens is 316 g/mol. The molecule has 1 aliphatic heterocycles. The average Bonchev–Trinajstić information content (AvgIpc) is 2.59. The van der Waals surface area contributed by atoms with Crippen molar-refractivity contribution in [3.8, 4) is 0 Å². The maximum absolute atomic E-state index is 11.9. The van der Waals surface area contributed by atoms with Gasteiger partial charge in [-0.3, -0.25) is 9.59 Å². The fraction of sp³-hybridized carbons (Fsp3) is 0.350. The van der Waals surface area contributed by atoms with Crippen LogP contribution in [-0.4, -0.2) is 42.9 Å². The Labute approximate surface area is 147 Å². The Bertz CT molecular complexity index is 849. The molecule has 2 aromatic rings. The van der Waals surface area contributed by atoms with Crippen molar-refractivity contribution in [3.05, 3.63) is 41.0 Å². The molecule has 0 amide bonds. The van der Waals surface area contributed by atoms with E-state index in [1.165, 1.54) is 13.8 Å². The third-order valence-electron chi connectivity index (χ3n) is 4.35. The molecule has 1 aromatic heterocycles. The van der Waals surface area contributed by atoms with Gasteiger partial charge in [-0.1, -0.05) is 11.6 Å². The number of benzene rings is 1. The normalized spacial score (nSPS) is 14.4. The first-order valence-corrected chi connectivity index (χ1v) is 8.43. The van der Waals surface area contributed by atoms with E-state index in [-0.39, 0.29) is 17.1 Å². The molecule has 3 rings (SSSR count). The molecule has 1 aliphatic rings. The number of anilines is 1. The van der Waals surface area contributed by atoms with E-state index in [1.807, 2.05) is 25.1 Å². The van der Waals surface area contributed by atoms with E-state index in [4.69, 9.17) is 9.72 Å². The van der Waals surface area contributed by atoms with Crippen molar-refractivity contribution >= 4 is 34.4 Å². The summed E-state index contributed by atoms with van der Waals surface area (Å²) in [5.41, 5.74) is 3.03. The zero-order valence-electron chi connectivity index (χ0n) is 14.8. The number of ether oxygens (including phenoxy) is 1. The number of carbonyl (C=O) groups excluding carboxylic acids is 2. The van der Waals surface area contributed by atoms with Gasteiger partial charge in [0.15, 0.2) is 11.6 Å². The van der Waals surface area contributed by atoms with Crippen molar-refractivity contribution < 1.29 is 14.3 Å². The van der Waals surface area contributed by atoms with Crippen molar-refractivity contribution in [2.24, 2.45) is 0 Å². The van der Waals surface area contributed by atoms with Crippen molar-refractivity contribution in [3.63, 3.8) is 0 Å². The summed E-state index contributed by atoms with van der Waals surface area (Å²) < 4.78 is 5.43. The van der Waals surface area contributed by atoms with Crippen molar-refractivity contribution in [1.29, 1.82) is 0 Å². The first-order valence-electron chi connectivity index (χ1n) is 8.43. The van der Waals surface area contributed by atoms with Crippen LogP contribution in [-0.2, 0) is 14.3 Å². The molecule has 0 spiro atoms. The number of fused-ring (bicyclic) bond motifs is 1. The highest BCUT2D eigenvalue weighted by Crippen LogP contribution is 2.27. The Balaban J connectivity index is 2.20. The SMILES string of the molecule is CC(=O)C(=Cc1cc2cc(C)ccc2nc1N1CCOCC1)C(C)=O. The number of Topliss-reactive ketones (excluding diaryl/α,β-unsaturated/α-hetero) is 2. The molecular formula is C20H22N2O3. The summed E-state index contributed by atoms with van der Waals surface area (Å²) in [7, 11) is 0. The van der Waals surface area contributed by atoms with Gasteiger partial charge in [-0.2, -0.15) is 0 Å². The summed E-state index contributed by atoms with van der Waals surface area (Å²) in [6.07, 6.45) is 1.67. The second-order valence-corrected chi connectivity index (χ2v) is 6.37. The molecule has 0 N–H and O–H groups in total. The fourth-order valence-electron chi connectivity index (χ4n) is 3.04. The van der Waals surface area contributed by atoms with Gasteiger partial charge in [-0.05, 0) is 45.0 Å². The summed E-state index contributed by atoms with van der Waals surface area (Å²) >= 11 is 0. The molecule has 1 saturated heterocycles. The molecule has 2 heterocycles. The van der Waals surface area contributed by atoms with Gasteiger partial charge >= 0.3 is 0 Å². The third-order valence-corrected chi connectivity index (χ3v) is 4.35. The van der Waals surface area contributed by atoms with Crippen molar-refractivity contribution in [1.82, 2.24) is 4.98 Å². The number of rotatable bonds is 4. The predicted octanol–water partition coefficient (Wildman–Crippen LogP) is 2.94. The molecule has 1 aromatic carbocycles. The maximum Gasteiger partial charge on any atom is 0.163 e. The smallest absolute Gasteiger partial charge is 0.163 e. The molecule has 0 atom stereocenters. The number of ketones is 2. The number of pyridine rings is 1. The van der Waals surface area contributed by atoms with Gasteiger partial charge in [0, 0.05) is 24.0 Å². The number of nitrogens with zero attached hydrogens (tertiary/aromatic N) is 2. The number of aromatic nitrogens is 1. The molecule has 0 aliphatic carbocycles. The van der Waals surface area contributed by atoms with Crippen molar-refractivity contribution in [2.45, 2.75) is 20.8 Å². The fourth-order valence-corrected chi connectivity index (χ4v) is 3.04. The third kappa shape index (κ3) is 3.77. The van der Waals surface area contributed by atoms with Gasteiger partial charge < -0.3 is 9.64 Å². The summed E-state index contributed by atoms with van der Waals surface area (Å²) in [6, 6.07) is 8.10. The highest BCUT2D eigenvalue weighted by atomic mass is 16.5. The number of aryl methyl sites for hydroxylation is 1. The Morgan fingerprint density at radius 3 is 2.44 bits per heavy atom. The largest absolute Gasteiger partial charge is 0.378 e. The number of allylic oxidation sites excluding steroid dienone is 1. The maximum atomic E-state index is 11.9. The van der Waals surface area contributed by atoms with Gasteiger partial charge in [-0.25, -0.2) is 4.98 Å². The summed E-state index contributed by atoms with van der Waals surface area (Å²) in [5.74, 6) is 0.328. The highest BCUT2D eigenvalue weighted by Gasteiger charge is 2.18. The molecule has 25 heavy (non-hydrogen) atoms. The van der Waals surface area contributed by atoms with Crippen LogP contribution in [0, 0.1) is 6.92 Å². The van der Waals surface area contributed by atoms with Crippen LogP contribution in [0.1, 0.15) is 25.0 Å². The first-order chi connectivity index (χ1) is 12.0. The van der Waals surface area contributed by atoms with Crippen LogP contribution >= 0.6 is 0 Å². The second-order valence-electron chi connectivity index (χ2n) is 6.37. The van der Waals surface area contributed by atoms with E-state index >= 15 is 0 Å². The summed E-state index contributed by atoms with van der Waals surface area (Å²) in [4.78, 5) is 30.7. The number of hydrogen-bond acceptors (Lipinski definition) is 5. The first kappa shape index (κ1) is 17.3. The molecule has 5 heteroatoms. The minimum absolute atomic E-state index is 0.198. The Kier molecular flexibility index (Phi) is 4.95. The molecule has 5 nitrogen and oxygen atoms in total. The number of hydrogen-bond donors (Lipinski definition) is 0. The van der Waals surface area contributed by atoms with Crippen LogP contribution in [0.25, 0.3) is 17.0 Å². The molecule has 0 unspecified atom stereocenters. The lowest BCUT2D eigenvalue weighted by molar-refractivity contribution is -0.119. The highest BCUT2D eigenvalue weighted by molar-refractivity contribution is 6.22. The number of carbonyl (C=O) groups is 2. The lowest BCUT2D eigenvalue weighted by Crippen LogP contribution is -2.37. The molecule has 0 saturated carbocycles. The van der Waals surface area contributed by atoms with E-state index in [9.17, 15) is 9.59 Å². The Morgan fingerprint density at radius 2 is 1.80 bits per heavy atom. The Hall–Kier alpha value is -2.53. The predicted molar refractivity (Wildman–Crippen MR) is 98.9 cm³/mol. The van der Waals surface area contributed by atoms with E-state index in [0.29, 0.717) is 13.2 Å². The van der Waals surface area contributed by atoms with E-state index in [2.05, 4.69) is 11.0 Å². The van der Waals surface area contributed by atoms with Crippen LogP contribution in [0.2, 0.25) is 0 Å². The summed E-state index contributed by atoms with van der Waals surface area (Å²) in [6.45, 7) is 7.62. The van der Waals surface area contributed by atoms with Crippen LogP contribution in [0.5, 0.6) is 0 Å².